The predicted molar refractivity (Wildman–Crippen MR) is 124 cm³/mol. The van der Waals surface area contributed by atoms with Crippen molar-refractivity contribution >= 4 is 23.1 Å². The summed E-state index contributed by atoms with van der Waals surface area (Å²) in [6.45, 7) is 2.09. The summed E-state index contributed by atoms with van der Waals surface area (Å²) >= 11 is 0. The van der Waals surface area contributed by atoms with Crippen molar-refractivity contribution < 1.29 is 14.7 Å². The molecule has 0 radical (unpaired) electrons. The Hall–Kier alpha value is -2.01. The van der Waals surface area contributed by atoms with Crippen molar-refractivity contribution in [1.29, 1.82) is 0 Å². The molecular weight excluding hydrogens is 388 g/mol. The lowest BCUT2D eigenvalue weighted by Gasteiger charge is -2.26. The third-order valence-corrected chi connectivity index (χ3v) is 7.35. The fourth-order valence-electron chi connectivity index (χ4n) is 5.25. The fraction of sp³-hybridized carbons (Fsp3) is 0.654. The van der Waals surface area contributed by atoms with Gasteiger partial charge in [-0.2, -0.15) is 0 Å². The lowest BCUT2D eigenvalue weighted by atomic mass is 9.85. The van der Waals surface area contributed by atoms with E-state index < -0.39 is 18.1 Å². The summed E-state index contributed by atoms with van der Waals surface area (Å²) in [4.78, 5) is 33.8. The van der Waals surface area contributed by atoms with Gasteiger partial charge in [0.1, 0.15) is 0 Å². The molecule has 31 heavy (non-hydrogen) atoms. The monoisotopic (exact) mass is 424 g/mol. The van der Waals surface area contributed by atoms with Crippen LogP contribution < -0.4 is 4.90 Å². The molecule has 0 spiro atoms. The summed E-state index contributed by atoms with van der Waals surface area (Å²) in [6.07, 6.45) is 9.11. The zero-order valence-electron chi connectivity index (χ0n) is 18.9. The van der Waals surface area contributed by atoms with Crippen LogP contribution in [0.3, 0.4) is 0 Å². The number of hydrogen-bond acceptors (Lipinski definition) is 4. The molecule has 168 valence electrons. The first-order valence-electron chi connectivity index (χ1n) is 12.2. The SMILES string of the molecule is CCCCC(O)C(CC1CC1)C(=O)C1N=C(C2CCCC2)c2ccccc2N(C)C1=O. The quantitative estimate of drug-likeness (QED) is 0.591. The largest absolute Gasteiger partial charge is 0.392 e. The summed E-state index contributed by atoms with van der Waals surface area (Å²) in [5.74, 6) is -0.164. The van der Waals surface area contributed by atoms with Crippen LogP contribution in [0.2, 0.25) is 0 Å². The Balaban J connectivity index is 1.70. The molecule has 2 saturated carbocycles. The van der Waals surface area contributed by atoms with Crippen LogP contribution in [-0.4, -0.2) is 41.7 Å². The van der Waals surface area contributed by atoms with Crippen LogP contribution in [0, 0.1) is 17.8 Å². The van der Waals surface area contributed by atoms with E-state index in [1.54, 1.807) is 11.9 Å². The van der Waals surface area contributed by atoms with Crippen molar-refractivity contribution in [3.8, 4) is 0 Å². The van der Waals surface area contributed by atoms with Crippen LogP contribution in [-0.2, 0) is 9.59 Å². The minimum absolute atomic E-state index is 0.185. The second-order valence-corrected chi connectivity index (χ2v) is 9.71. The lowest BCUT2D eigenvalue weighted by molar-refractivity contribution is -0.133. The number of hydrogen-bond donors (Lipinski definition) is 1. The van der Waals surface area contributed by atoms with Crippen LogP contribution in [0.25, 0.3) is 0 Å². The number of ketones is 1. The van der Waals surface area contributed by atoms with E-state index in [9.17, 15) is 14.7 Å². The van der Waals surface area contributed by atoms with Gasteiger partial charge < -0.3 is 10.0 Å². The van der Waals surface area contributed by atoms with E-state index in [1.807, 2.05) is 24.3 Å². The van der Waals surface area contributed by atoms with E-state index in [4.69, 9.17) is 4.99 Å². The maximum absolute atomic E-state index is 13.8. The number of nitrogens with zero attached hydrogens (tertiary/aromatic N) is 2. The molecule has 3 aliphatic rings. The second-order valence-electron chi connectivity index (χ2n) is 9.71. The summed E-state index contributed by atoms with van der Waals surface area (Å²) in [5.41, 5.74) is 2.72. The topological polar surface area (TPSA) is 70.0 Å². The summed E-state index contributed by atoms with van der Waals surface area (Å²) in [6, 6.07) is 6.84. The van der Waals surface area contributed by atoms with Gasteiger partial charge in [-0.1, -0.05) is 63.6 Å². The number of amides is 1. The van der Waals surface area contributed by atoms with Crippen molar-refractivity contribution in [2.75, 3.05) is 11.9 Å². The molecule has 5 heteroatoms. The standard InChI is InChI=1S/C26H36N2O3/c1-3-4-13-22(29)20(16-17-14-15-17)25(30)24-26(31)28(2)21-12-8-7-11-19(21)23(27-24)18-9-5-6-10-18/h7-8,11-12,17-18,20,22,24,29H,3-6,9-10,13-16H2,1-2H3. The molecule has 2 fully saturated rings. The first-order chi connectivity index (χ1) is 15.0. The van der Waals surface area contributed by atoms with Gasteiger partial charge in [-0.05, 0) is 37.7 Å². The molecule has 3 unspecified atom stereocenters. The van der Waals surface area contributed by atoms with Gasteiger partial charge >= 0.3 is 0 Å². The van der Waals surface area contributed by atoms with Crippen LogP contribution in [0.15, 0.2) is 29.3 Å². The number of aliphatic imine (C=N–C) groups is 1. The Kier molecular flexibility index (Phi) is 6.90. The van der Waals surface area contributed by atoms with Gasteiger partial charge in [0.15, 0.2) is 11.8 Å². The minimum Gasteiger partial charge on any atom is -0.392 e. The van der Waals surface area contributed by atoms with Gasteiger partial charge in [-0.25, -0.2) is 0 Å². The van der Waals surface area contributed by atoms with Gasteiger partial charge in [0.05, 0.1) is 11.8 Å². The van der Waals surface area contributed by atoms with Crippen molar-refractivity contribution in [2.45, 2.75) is 83.3 Å². The number of benzene rings is 1. The molecule has 0 bridgehead atoms. The fourth-order valence-corrected chi connectivity index (χ4v) is 5.25. The third kappa shape index (κ3) is 4.77. The van der Waals surface area contributed by atoms with Crippen LogP contribution in [0.5, 0.6) is 0 Å². The number of fused-ring (bicyclic) bond motifs is 1. The van der Waals surface area contributed by atoms with Crippen LogP contribution in [0.1, 0.15) is 76.7 Å². The van der Waals surface area contributed by atoms with Crippen molar-refractivity contribution in [2.24, 2.45) is 22.7 Å². The summed E-state index contributed by atoms with van der Waals surface area (Å²) in [5, 5.41) is 10.9. The predicted octanol–water partition coefficient (Wildman–Crippen LogP) is 4.55. The molecule has 1 aliphatic heterocycles. The maximum atomic E-state index is 13.8. The van der Waals surface area contributed by atoms with Crippen molar-refractivity contribution in [1.82, 2.24) is 0 Å². The van der Waals surface area contributed by atoms with Crippen LogP contribution in [0.4, 0.5) is 5.69 Å². The normalized spacial score (nSPS) is 23.8. The molecule has 1 heterocycles. The van der Waals surface area contributed by atoms with E-state index in [-0.39, 0.29) is 11.7 Å². The Morgan fingerprint density at radius 3 is 2.58 bits per heavy atom. The first kappa shape index (κ1) is 22.2. The number of unbranched alkanes of at least 4 members (excludes halogenated alkanes) is 1. The number of likely N-dealkylation sites (N-methyl/N-ethyl adjacent to an activating group) is 1. The Morgan fingerprint density at radius 1 is 1.19 bits per heavy atom. The zero-order chi connectivity index (χ0) is 22.0. The Morgan fingerprint density at radius 2 is 1.90 bits per heavy atom. The average molecular weight is 425 g/mol. The highest BCUT2D eigenvalue weighted by Crippen LogP contribution is 2.39. The minimum atomic E-state index is -1.05. The molecule has 3 atom stereocenters. The smallest absolute Gasteiger partial charge is 0.259 e. The molecule has 4 rings (SSSR count). The second kappa shape index (κ2) is 9.64. The molecule has 1 aromatic rings. The number of aliphatic hydroxyl groups excluding tert-OH is 1. The van der Waals surface area contributed by atoms with E-state index in [0.29, 0.717) is 24.7 Å². The van der Waals surface area contributed by atoms with Crippen LogP contribution >= 0.6 is 0 Å². The van der Waals surface area contributed by atoms with Gasteiger partial charge in [0.25, 0.3) is 5.91 Å². The van der Waals surface area contributed by atoms with E-state index in [2.05, 4.69) is 6.92 Å². The molecule has 0 saturated heterocycles. The number of carbonyl (C=O) groups is 2. The number of rotatable bonds is 9. The van der Waals surface area contributed by atoms with Gasteiger partial charge in [-0.3, -0.25) is 14.6 Å². The van der Waals surface area contributed by atoms with Crippen molar-refractivity contribution in [3.05, 3.63) is 29.8 Å². The van der Waals surface area contributed by atoms with Gasteiger partial charge in [0.2, 0.25) is 0 Å². The molecule has 1 aromatic carbocycles. The number of aliphatic hydroxyl groups is 1. The number of anilines is 1. The zero-order valence-corrected chi connectivity index (χ0v) is 18.9. The lowest BCUT2D eigenvalue weighted by Crippen LogP contribution is -2.45. The number of benzodiazepines with no additional fused rings is 1. The third-order valence-electron chi connectivity index (χ3n) is 7.35. The number of Topliss-reactive ketones (excluding diaryl/α,β-unsaturated/α-hetero) is 1. The highest BCUT2D eigenvalue weighted by Gasteiger charge is 2.42. The van der Waals surface area contributed by atoms with Gasteiger partial charge in [-0.15, -0.1) is 0 Å². The van der Waals surface area contributed by atoms with E-state index in [0.717, 1.165) is 68.3 Å². The summed E-state index contributed by atoms with van der Waals surface area (Å²) < 4.78 is 0. The molecular formula is C26H36N2O3. The number of para-hydroxylation sites is 1. The highest BCUT2D eigenvalue weighted by atomic mass is 16.3. The van der Waals surface area contributed by atoms with E-state index in [1.165, 1.54) is 0 Å². The Bertz CT molecular complexity index is 839. The molecule has 2 aliphatic carbocycles. The molecule has 0 aromatic heterocycles. The highest BCUT2D eigenvalue weighted by molar-refractivity contribution is 6.20. The van der Waals surface area contributed by atoms with Gasteiger partial charge in [0, 0.05) is 30.2 Å². The van der Waals surface area contributed by atoms with E-state index >= 15 is 0 Å². The number of carbonyl (C=O) groups excluding carboxylic acids is 2. The maximum Gasteiger partial charge on any atom is 0.259 e. The molecule has 5 nitrogen and oxygen atoms in total. The average Bonchev–Trinajstić information content (AvgIpc) is 3.47. The van der Waals surface area contributed by atoms with Crippen molar-refractivity contribution in [3.63, 3.8) is 0 Å². The molecule has 1 amide bonds. The summed E-state index contributed by atoms with van der Waals surface area (Å²) in [7, 11) is 1.75. The Labute approximate surface area is 185 Å². The first-order valence-corrected chi connectivity index (χ1v) is 12.2. The molecule has 1 N–H and O–H groups in total.